The Morgan fingerprint density at radius 2 is 2.33 bits per heavy atom. The second-order valence-electron chi connectivity index (χ2n) is 4.71. The highest BCUT2D eigenvalue weighted by Gasteiger charge is 2.31. The van der Waals surface area contributed by atoms with Gasteiger partial charge in [-0.15, -0.1) is 11.6 Å². The van der Waals surface area contributed by atoms with Crippen LogP contribution in [0.5, 0.6) is 0 Å². The maximum Gasteiger partial charge on any atom is 0.227 e. The summed E-state index contributed by atoms with van der Waals surface area (Å²) in [6.45, 7) is 0.705. The van der Waals surface area contributed by atoms with Gasteiger partial charge in [-0.2, -0.15) is 5.10 Å². The molecule has 0 radical (unpaired) electrons. The second kappa shape index (κ2) is 4.28. The second-order valence-corrected chi connectivity index (χ2v) is 5.02. The number of amides is 1. The standard InChI is InChI=1S/C13H14ClN3O/c1-16-11-3-2-4-12(10(11)7-15-16)17-8-9(6-14)5-13(17)18/h2-4,7,9H,5-6,8H2,1H3. The van der Waals surface area contributed by atoms with E-state index < -0.39 is 0 Å². The van der Waals surface area contributed by atoms with Crippen molar-refractivity contribution in [1.82, 2.24) is 9.78 Å². The maximum atomic E-state index is 12.0. The largest absolute Gasteiger partial charge is 0.311 e. The Hall–Kier alpha value is -1.55. The Bertz CT molecular complexity index is 607. The molecule has 1 saturated heterocycles. The smallest absolute Gasteiger partial charge is 0.227 e. The van der Waals surface area contributed by atoms with E-state index in [0.717, 1.165) is 16.6 Å². The van der Waals surface area contributed by atoms with Crippen molar-refractivity contribution in [3.05, 3.63) is 24.4 Å². The molecule has 3 rings (SSSR count). The minimum absolute atomic E-state index is 0.150. The lowest BCUT2D eigenvalue weighted by atomic mass is 10.1. The van der Waals surface area contributed by atoms with Crippen LogP contribution in [0.4, 0.5) is 5.69 Å². The maximum absolute atomic E-state index is 12.0. The zero-order valence-corrected chi connectivity index (χ0v) is 10.9. The lowest BCUT2D eigenvalue weighted by Crippen LogP contribution is -2.24. The van der Waals surface area contributed by atoms with Crippen LogP contribution in [-0.2, 0) is 11.8 Å². The van der Waals surface area contributed by atoms with E-state index >= 15 is 0 Å². The van der Waals surface area contributed by atoms with Crippen molar-refractivity contribution in [2.75, 3.05) is 17.3 Å². The minimum Gasteiger partial charge on any atom is -0.311 e. The summed E-state index contributed by atoms with van der Waals surface area (Å²) < 4.78 is 1.82. The van der Waals surface area contributed by atoms with Gasteiger partial charge in [-0.05, 0) is 18.1 Å². The van der Waals surface area contributed by atoms with Crippen molar-refractivity contribution in [2.45, 2.75) is 6.42 Å². The molecule has 18 heavy (non-hydrogen) atoms. The normalized spacial score (nSPS) is 20.0. The predicted molar refractivity (Wildman–Crippen MR) is 71.9 cm³/mol. The number of nitrogens with zero attached hydrogens (tertiary/aromatic N) is 3. The minimum atomic E-state index is 0.150. The van der Waals surface area contributed by atoms with E-state index in [9.17, 15) is 4.79 Å². The molecule has 0 aliphatic carbocycles. The molecule has 1 aliphatic rings. The molecule has 1 fully saturated rings. The van der Waals surface area contributed by atoms with Crippen LogP contribution in [0.3, 0.4) is 0 Å². The van der Waals surface area contributed by atoms with Crippen LogP contribution < -0.4 is 4.90 Å². The number of carbonyl (C=O) groups excluding carboxylic acids is 1. The Labute approximate surface area is 110 Å². The molecule has 1 unspecified atom stereocenters. The van der Waals surface area contributed by atoms with E-state index in [0.29, 0.717) is 18.8 Å². The summed E-state index contributed by atoms with van der Waals surface area (Å²) in [5.74, 6) is 0.939. The van der Waals surface area contributed by atoms with Crippen molar-refractivity contribution in [1.29, 1.82) is 0 Å². The Morgan fingerprint density at radius 3 is 3.06 bits per heavy atom. The first-order valence-electron chi connectivity index (χ1n) is 5.97. The van der Waals surface area contributed by atoms with Gasteiger partial charge < -0.3 is 4.90 Å². The fourth-order valence-electron chi connectivity index (χ4n) is 2.52. The quantitative estimate of drug-likeness (QED) is 0.779. The summed E-state index contributed by atoms with van der Waals surface area (Å²) in [5, 5.41) is 5.26. The molecule has 1 aromatic carbocycles. The average molecular weight is 264 g/mol. The number of benzene rings is 1. The number of aryl methyl sites for hydroxylation is 1. The summed E-state index contributed by atoms with van der Waals surface area (Å²) >= 11 is 5.85. The number of carbonyl (C=O) groups is 1. The van der Waals surface area contributed by atoms with Crippen LogP contribution >= 0.6 is 11.6 Å². The van der Waals surface area contributed by atoms with Crippen LogP contribution in [0.2, 0.25) is 0 Å². The van der Waals surface area contributed by atoms with Crippen LogP contribution in [-0.4, -0.2) is 28.1 Å². The van der Waals surface area contributed by atoms with E-state index in [4.69, 9.17) is 11.6 Å². The predicted octanol–water partition coefficient (Wildman–Crippen LogP) is 2.17. The number of halogens is 1. The number of fused-ring (bicyclic) bond motifs is 1. The topological polar surface area (TPSA) is 38.1 Å². The first-order chi connectivity index (χ1) is 8.70. The van der Waals surface area contributed by atoms with E-state index in [1.165, 1.54) is 0 Å². The number of anilines is 1. The van der Waals surface area contributed by atoms with Crippen LogP contribution in [0, 0.1) is 5.92 Å². The number of rotatable bonds is 2. The third-order valence-corrected chi connectivity index (χ3v) is 3.92. The summed E-state index contributed by atoms with van der Waals surface area (Å²) in [5.41, 5.74) is 1.98. The van der Waals surface area contributed by atoms with E-state index in [-0.39, 0.29) is 11.8 Å². The molecule has 1 amide bonds. The molecule has 0 bridgehead atoms. The fraction of sp³-hybridized carbons (Fsp3) is 0.385. The summed E-state index contributed by atoms with van der Waals surface area (Å²) in [6, 6.07) is 5.94. The molecule has 0 N–H and O–H groups in total. The van der Waals surface area contributed by atoms with Crippen molar-refractivity contribution in [3.63, 3.8) is 0 Å². The fourth-order valence-corrected chi connectivity index (χ4v) is 2.72. The van der Waals surface area contributed by atoms with Crippen molar-refractivity contribution in [2.24, 2.45) is 13.0 Å². The molecule has 1 aromatic heterocycles. The first kappa shape index (κ1) is 11.5. The molecule has 4 nitrogen and oxygen atoms in total. The molecule has 2 heterocycles. The SMILES string of the molecule is Cn1ncc2c(N3CC(CCl)CC3=O)cccc21. The van der Waals surface area contributed by atoms with Crippen LogP contribution in [0.15, 0.2) is 24.4 Å². The number of aromatic nitrogens is 2. The van der Waals surface area contributed by atoms with Gasteiger partial charge >= 0.3 is 0 Å². The zero-order chi connectivity index (χ0) is 12.7. The number of hydrogen-bond donors (Lipinski definition) is 0. The van der Waals surface area contributed by atoms with Gasteiger partial charge in [0, 0.05) is 31.3 Å². The lowest BCUT2D eigenvalue weighted by Gasteiger charge is -2.17. The van der Waals surface area contributed by atoms with Crippen LogP contribution in [0.1, 0.15) is 6.42 Å². The summed E-state index contributed by atoms with van der Waals surface area (Å²) in [6.07, 6.45) is 2.35. The molecule has 5 heteroatoms. The van der Waals surface area contributed by atoms with Gasteiger partial charge in [-0.25, -0.2) is 0 Å². The monoisotopic (exact) mass is 263 g/mol. The highest BCUT2D eigenvalue weighted by Crippen LogP contribution is 2.31. The molecule has 1 aliphatic heterocycles. The van der Waals surface area contributed by atoms with E-state index in [1.54, 1.807) is 0 Å². The Morgan fingerprint density at radius 1 is 1.50 bits per heavy atom. The van der Waals surface area contributed by atoms with Gasteiger partial charge in [0.2, 0.25) is 5.91 Å². The van der Waals surface area contributed by atoms with Crippen molar-refractivity contribution >= 4 is 34.1 Å². The molecule has 94 valence electrons. The molecular formula is C13H14ClN3O. The number of hydrogen-bond acceptors (Lipinski definition) is 2. The van der Waals surface area contributed by atoms with E-state index in [1.807, 2.05) is 41.0 Å². The van der Waals surface area contributed by atoms with Crippen molar-refractivity contribution < 1.29 is 4.79 Å². The molecule has 1 atom stereocenters. The third-order valence-electron chi connectivity index (χ3n) is 3.48. The van der Waals surface area contributed by atoms with Gasteiger partial charge in [0.15, 0.2) is 0 Å². The summed E-state index contributed by atoms with van der Waals surface area (Å²) in [4.78, 5) is 13.9. The Kier molecular flexibility index (Phi) is 2.74. The highest BCUT2D eigenvalue weighted by atomic mass is 35.5. The van der Waals surface area contributed by atoms with Gasteiger partial charge in [-0.3, -0.25) is 9.48 Å². The Balaban J connectivity index is 2.07. The van der Waals surface area contributed by atoms with Gasteiger partial charge in [0.1, 0.15) is 0 Å². The van der Waals surface area contributed by atoms with E-state index in [2.05, 4.69) is 5.10 Å². The lowest BCUT2D eigenvalue weighted by molar-refractivity contribution is -0.117. The zero-order valence-electron chi connectivity index (χ0n) is 10.1. The highest BCUT2D eigenvalue weighted by molar-refractivity contribution is 6.18. The molecule has 0 spiro atoms. The van der Waals surface area contributed by atoms with Gasteiger partial charge in [-0.1, -0.05) is 6.07 Å². The van der Waals surface area contributed by atoms with Gasteiger partial charge in [0.05, 0.1) is 17.4 Å². The van der Waals surface area contributed by atoms with Crippen molar-refractivity contribution in [3.8, 4) is 0 Å². The molecule has 2 aromatic rings. The molecular weight excluding hydrogens is 250 g/mol. The average Bonchev–Trinajstić information content (AvgIpc) is 2.93. The summed E-state index contributed by atoms with van der Waals surface area (Å²) in [7, 11) is 1.90. The third kappa shape index (κ3) is 1.68. The number of alkyl halides is 1. The van der Waals surface area contributed by atoms with Crippen LogP contribution in [0.25, 0.3) is 10.9 Å². The molecule has 0 saturated carbocycles. The van der Waals surface area contributed by atoms with Gasteiger partial charge in [0.25, 0.3) is 0 Å². The first-order valence-corrected chi connectivity index (χ1v) is 6.51.